The van der Waals surface area contributed by atoms with Crippen molar-refractivity contribution in [1.29, 1.82) is 0 Å². The molecule has 3 rings (SSSR count). The van der Waals surface area contributed by atoms with Gasteiger partial charge in [0.25, 0.3) is 0 Å². The van der Waals surface area contributed by atoms with Crippen LogP contribution in [0.4, 0.5) is 0 Å². The first-order valence-corrected chi connectivity index (χ1v) is 8.71. The zero-order valence-electron chi connectivity index (χ0n) is 11.0. The van der Waals surface area contributed by atoms with Gasteiger partial charge in [0.1, 0.15) is 0 Å². The molecule has 1 aromatic heterocycles. The van der Waals surface area contributed by atoms with Crippen LogP contribution >= 0.6 is 23.1 Å². The van der Waals surface area contributed by atoms with Gasteiger partial charge in [0.15, 0.2) is 0 Å². The second kappa shape index (κ2) is 6.60. The maximum absolute atomic E-state index is 3.55. The molecule has 1 N–H and O–H groups in total. The third-order valence-corrected chi connectivity index (χ3v) is 5.64. The van der Waals surface area contributed by atoms with E-state index in [0.717, 1.165) is 18.8 Å². The Balaban J connectivity index is 1.37. The van der Waals surface area contributed by atoms with Crippen LogP contribution in [0.15, 0.2) is 41.3 Å². The molecule has 0 fully saturated rings. The van der Waals surface area contributed by atoms with Crippen molar-refractivity contribution >= 4 is 23.1 Å². The second-order valence-electron chi connectivity index (χ2n) is 4.85. The molecule has 100 valence electrons. The summed E-state index contributed by atoms with van der Waals surface area (Å²) in [6.45, 7) is 2.11. The Morgan fingerprint density at radius 3 is 2.89 bits per heavy atom. The molecule has 0 amide bonds. The summed E-state index contributed by atoms with van der Waals surface area (Å²) in [5.41, 5.74) is 1.61. The molecule has 3 heteroatoms. The molecule has 0 bridgehead atoms. The SMILES string of the molecule is c1ccc(SCCNCc2cc3c(s2)CCC3)cc1. The van der Waals surface area contributed by atoms with Crippen LogP contribution in [0.25, 0.3) is 0 Å². The van der Waals surface area contributed by atoms with E-state index in [1.54, 1.807) is 10.4 Å². The van der Waals surface area contributed by atoms with Crippen molar-refractivity contribution in [3.05, 3.63) is 51.7 Å². The third-order valence-electron chi connectivity index (χ3n) is 3.39. The number of aryl methyl sites for hydroxylation is 2. The van der Waals surface area contributed by atoms with E-state index in [1.807, 2.05) is 23.1 Å². The Kier molecular flexibility index (Phi) is 4.59. The molecule has 0 spiro atoms. The van der Waals surface area contributed by atoms with Crippen molar-refractivity contribution in [1.82, 2.24) is 5.32 Å². The van der Waals surface area contributed by atoms with Gasteiger partial charge in [-0.1, -0.05) is 18.2 Å². The number of fused-ring (bicyclic) bond motifs is 1. The Labute approximate surface area is 123 Å². The number of thiophene rings is 1. The number of hydrogen-bond acceptors (Lipinski definition) is 3. The van der Waals surface area contributed by atoms with Crippen molar-refractivity contribution in [3.63, 3.8) is 0 Å². The summed E-state index contributed by atoms with van der Waals surface area (Å²) < 4.78 is 0. The van der Waals surface area contributed by atoms with Gasteiger partial charge < -0.3 is 5.32 Å². The molecule has 0 saturated carbocycles. The first-order chi connectivity index (χ1) is 9.42. The lowest BCUT2D eigenvalue weighted by molar-refractivity contribution is 0.740. The summed E-state index contributed by atoms with van der Waals surface area (Å²) in [5.74, 6) is 1.13. The first-order valence-electron chi connectivity index (χ1n) is 6.91. The molecule has 1 aliphatic rings. The summed E-state index contributed by atoms with van der Waals surface area (Å²) >= 11 is 3.93. The predicted octanol–water partition coefficient (Wildman–Crippen LogP) is 4.12. The molecule has 2 aromatic rings. The Bertz CT molecular complexity index is 497. The molecular formula is C16H19NS2. The molecule has 1 heterocycles. The minimum Gasteiger partial charge on any atom is -0.311 e. The van der Waals surface area contributed by atoms with Gasteiger partial charge in [-0.3, -0.25) is 0 Å². The lowest BCUT2D eigenvalue weighted by atomic mass is 10.2. The fourth-order valence-electron chi connectivity index (χ4n) is 2.45. The van der Waals surface area contributed by atoms with Crippen LogP contribution in [0.1, 0.15) is 21.7 Å². The van der Waals surface area contributed by atoms with Crippen LogP contribution < -0.4 is 5.32 Å². The number of benzene rings is 1. The normalized spacial score (nSPS) is 13.7. The van der Waals surface area contributed by atoms with E-state index in [-0.39, 0.29) is 0 Å². The van der Waals surface area contributed by atoms with Crippen molar-refractivity contribution in [2.24, 2.45) is 0 Å². The zero-order chi connectivity index (χ0) is 12.9. The Morgan fingerprint density at radius 1 is 1.16 bits per heavy atom. The zero-order valence-corrected chi connectivity index (χ0v) is 12.7. The monoisotopic (exact) mass is 289 g/mol. The summed E-state index contributed by atoms with van der Waals surface area (Å²) in [7, 11) is 0. The minimum atomic E-state index is 1.03. The topological polar surface area (TPSA) is 12.0 Å². The van der Waals surface area contributed by atoms with Crippen molar-refractivity contribution in [2.45, 2.75) is 30.7 Å². The van der Waals surface area contributed by atoms with Crippen LogP contribution in [0, 0.1) is 0 Å². The lowest BCUT2D eigenvalue weighted by Gasteiger charge is -2.03. The van der Waals surface area contributed by atoms with Crippen LogP contribution in [0.2, 0.25) is 0 Å². The molecule has 0 atom stereocenters. The van der Waals surface area contributed by atoms with E-state index in [9.17, 15) is 0 Å². The van der Waals surface area contributed by atoms with Gasteiger partial charge in [-0.2, -0.15) is 0 Å². The fraction of sp³-hybridized carbons (Fsp3) is 0.375. The number of nitrogens with one attached hydrogen (secondary N) is 1. The van der Waals surface area contributed by atoms with Gasteiger partial charge in [0, 0.05) is 33.5 Å². The largest absolute Gasteiger partial charge is 0.311 e. The van der Waals surface area contributed by atoms with Crippen LogP contribution in [0.3, 0.4) is 0 Å². The number of hydrogen-bond donors (Lipinski definition) is 1. The first kappa shape index (κ1) is 13.2. The van der Waals surface area contributed by atoms with E-state index < -0.39 is 0 Å². The molecule has 1 aromatic carbocycles. The fourth-order valence-corrected chi connectivity index (χ4v) is 4.51. The maximum Gasteiger partial charge on any atom is 0.0300 e. The van der Waals surface area contributed by atoms with Gasteiger partial charge in [-0.05, 0) is 43.0 Å². The quantitative estimate of drug-likeness (QED) is 0.634. The molecule has 0 radical (unpaired) electrons. The van der Waals surface area contributed by atoms with Gasteiger partial charge in [0.05, 0.1) is 0 Å². The number of thioether (sulfide) groups is 1. The molecule has 0 aliphatic heterocycles. The standard InChI is InChI=1S/C16H19NS2/c1-2-6-14(7-3-1)18-10-9-17-12-15-11-13-5-4-8-16(13)19-15/h1-3,6-7,11,17H,4-5,8-10,12H2. The van der Waals surface area contributed by atoms with Gasteiger partial charge >= 0.3 is 0 Å². The lowest BCUT2D eigenvalue weighted by Crippen LogP contribution is -2.15. The van der Waals surface area contributed by atoms with Crippen LogP contribution in [-0.2, 0) is 19.4 Å². The Morgan fingerprint density at radius 2 is 2.05 bits per heavy atom. The highest BCUT2D eigenvalue weighted by atomic mass is 32.2. The molecule has 0 saturated heterocycles. The molecular weight excluding hydrogens is 270 g/mol. The van der Waals surface area contributed by atoms with Gasteiger partial charge in [-0.15, -0.1) is 23.1 Å². The van der Waals surface area contributed by atoms with E-state index in [2.05, 4.69) is 41.7 Å². The minimum absolute atomic E-state index is 1.03. The molecule has 19 heavy (non-hydrogen) atoms. The third kappa shape index (κ3) is 3.62. The average Bonchev–Trinajstić information content (AvgIpc) is 3.00. The Hall–Kier alpha value is -0.770. The smallest absolute Gasteiger partial charge is 0.0300 e. The maximum atomic E-state index is 3.55. The molecule has 1 aliphatic carbocycles. The van der Waals surface area contributed by atoms with E-state index in [4.69, 9.17) is 0 Å². The summed E-state index contributed by atoms with van der Waals surface area (Å²) in [4.78, 5) is 4.50. The second-order valence-corrected chi connectivity index (χ2v) is 7.24. The van der Waals surface area contributed by atoms with Crippen molar-refractivity contribution < 1.29 is 0 Å². The van der Waals surface area contributed by atoms with E-state index in [0.29, 0.717) is 0 Å². The highest BCUT2D eigenvalue weighted by molar-refractivity contribution is 7.99. The average molecular weight is 289 g/mol. The van der Waals surface area contributed by atoms with Crippen LogP contribution in [0.5, 0.6) is 0 Å². The van der Waals surface area contributed by atoms with E-state index >= 15 is 0 Å². The predicted molar refractivity (Wildman–Crippen MR) is 85.2 cm³/mol. The summed E-state index contributed by atoms with van der Waals surface area (Å²) in [6, 6.07) is 13.0. The highest BCUT2D eigenvalue weighted by Crippen LogP contribution is 2.30. The molecule has 1 nitrogen and oxygen atoms in total. The van der Waals surface area contributed by atoms with Gasteiger partial charge in [-0.25, -0.2) is 0 Å². The summed E-state index contributed by atoms with van der Waals surface area (Å²) in [6.07, 6.45) is 3.97. The van der Waals surface area contributed by atoms with Crippen molar-refractivity contribution in [3.8, 4) is 0 Å². The van der Waals surface area contributed by atoms with Gasteiger partial charge in [0.2, 0.25) is 0 Å². The summed E-state index contributed by atoms with van der Waals surface area (Å²) in [5, 5.41) is 3.55. The van der Waals surface area contributed by atoms with E-state index in [1.165, 1.54) is 29.0 Å². The van der Waals surface area contributed by atoms with Crippen LogP contribution in [-0.4, -0.2) is 12.3 Å². The number of rotatable bonds is 6. The molecule has 0 unspecified atom stereocenters. The van der Waals surface area contributed by atoms with Crippen molar-refractivity contribution in [2.75, 3.05) is 12.3 Å². The highest BCUT2D eigenvalue weighted by Gasteiger charge is 2.14.